The number of rotatable bonds is 3. The van der Waals surface area contributed by atoms with Gasteiger partial charge < -0.3 is 25.7 Å². The smallest absolute Gasteiger partial charge is 0.127 e. The highest BCUT2D eigenvalue weighted by atomic mass is 35.5. The van der Waals surface area contributed by atoms with Crippen molar-refractivity contribution < 1.29 is 20.4 Å². The molecule has 0 unspecified atom stereocenters. The molecule has 1 aromatic carbocycles. The molecular formula is C12H19ClN2O4. The Kier molecular flexibility index (Phi) is 5.68. The second kappa shape index (κ2) is 6.81. The molecule has 19 heavy (non-hydrogen) atoms. The number of phenols is 3. The van der Waals surface area contributed by atoms with Crippen LogP contribution in [0, 0.1) is 0 Å². The molecule has 1 aliphatic heterocycles. The molecule has 0 aromatic heterocycles. The van der Waals surface area contributed by atoms with Gasteiger partial charge in [0.2, 0.25) is 0 Å². The summed E-state index contributed by atoms with van der Waals surface area (Å²) in [4.78, 5) is 1.99. The van der Waals surface area contributed by atoms with Gasteiger partial charge in [-0.15, -0.1) is 12.4 Å². The van der Waals surface area contributed by atoms with Crippen molar-refractivity contribution in [2.24, 2.45) is 0 Å². The molecule has 1 aliphatic rings. The van der Waals surface area contributed by atoms with Crippen LogP contribution in [0.25, 0.3) is 0 Å². The van der Waals surface area contributed by atoms with Gasteiger partial charge in [-0.3, -0.25) is 4.90 Å². The molecule has 1 fully saturated rings. The standard InChI is InChI=1S/C12H18N2O4.ClH/c15-7-9(14-3-1-13-2-4-14)12-10(17)5-8(16)6-11(12)18;/h5-6,9,13,15-18H,1-4,7H2;1H/t9-;/m0./s1. The van der Waals surface area contributed by atoms with Gasteiger partial charge in [0.05, 0.1) is 18.2 Å². The zero-order valence-corrected chi connectivity index (χ0v) is 11.2. The Morgan fingerprint density at radius 2 is 1.63 bits per heavy atom. The lowest BCUT2D eigenvalue weighted by atomic mass is 10.0. The summed E-state index contributed by atoms with van der Waals surface area (Å²) >= 11 is 0. The van der Waals surface area contributed by atoms with Crippen LogP contribution in [0.3, 0.4) is 0 Å². The van der Waals surface area contributed by atoms with Crippen LogP contribution in [0.2, 0.25) is 0 Å². The minimum atomic E-state index is -0.465. The highest BCUT2D eigenvalue weighted by Gasteiger charge is 2.26. The van der Waals surface area contributed by atoms with Crippen LogP contribution < -0.4 is 5.32 Å². The van der Waals surface area contributed by atoms with Gasteiger partial charge in [-0.05, 0) is 0 Å². The first kappa shape index (κ1) is 15.8. The molecule has 6 nitrogen and oxygen atoms in total. The van der Waals surface area contributed by atoms with E-state index in [1.165, 1.54) is 12.1 Å². The molecule has 1 heterocycles. The second-order valence-corrected chi connectivity index (χ2v) is 4.38. The number of halogens is 1. The van der Waals surface area contributed by atoms with Crippen molar-refractivity contribution in [2.45, 2.75) is 6.04 Å². The number of hydrogen-bond donors (Lipinski definition) is 5. The van der Waals surface area contributed by atoms with Gasteiger partial charge in [0, 0.05) is 38.3 Å². The van der Waals surface area contributed by atoms with Gasteiger partial charge in [0.25, 0.3) is 0 Å². The summed E-state index contributed by atoms with van der Waals surface area (Å²) in [5.41, 5.74) is 0.261. The molecule has 5 N–H and O–H groups in total. The van der Waals surface area contributed by atoms with Crippen molar-refractivity contribution in [3.05, 3.63) is 17.7 Å². The SMILES string of the molecule is Cl.OC[C@@H](c1c(O)cc(O)cc1O)N1CCNCC1. The van der Waals surface area contributed by atoms with Crippen LogP contribution in [0.1, 0.15) is 11.6 Å². The van der Waals surface area contributed by atoms with E-state index in [4.69, 9.17) is 0 Å². The lowest BCUT2D eigenvalue weighted by Gasteiger charge is -2.34. The molecule has 0 amide bonds. The third-order valence-corrected chi connectivity index (χ3v) is 3.22. The normalized spacial score (nSPS) is 17.7. The maximum absolute atomic E-state index is 9.83. The van der Waals surface area contributed by atoms with E-state index in [0.717, 1.165) is 26.2 Å². The van der Waals surface area contributed by atoms with Crippen LogP contribution in [0.4, 0.5) is 0 Å². The van der Waals surface area contributed by atoms with Crippen LogP contribution in [0.5, 0.6) is 17.2 Å². The zero-order valence-electron chi connectivity index (χ0n) is 10.4. The number of aromatic hydroxyl groups is 3. The number of benzene rings is 1. The highest BCUT2D eigenvalue weighted by Crippen LogP contribution is 2.38. The molecule has 0 saturated carbocycles. The van der Waals surface area contributed by atoms with Crippen LogP contribution in [-0.2, 0) is 0 Å². The zero-order chi connectivity index (χ0) is 13.1. The minimum absolute atomic E-state index is 0. The molecule has 7 heteroatoms. The fourth-order valence-corrected chi connectivity index (χ4v) is 2.33. The fourth-order valence-electron chi connectivity index (χ4n) is 2.33. The minimum Gasteiger partial charge on any atom is -0.508 e. The third-order valence-electron chi connectivity index (χ3n) is 3.22. The Morgan fingerprint density at radius 3 is 2.11 bits per heavy atom. The van der Waals surface area contributed by atoms with E-state index < -0.39 is 6.04 Å². The quantitative estimate of drug-likeness (QED) is 0.544. The van der Waals surface area contributed by atoms with Crippen molar-refractivity contribution in [1.82, 2.24) is 10.2 Å². The van der Waals surface area contributed by atoms with Crippen molar-refractivity contribution in [3.63, 3.8) is 0 Å². The van der Waals surface area contributed by atoms with E-state index in [1.807, 2.05) is 4.90 Å². The molecule has 108 valence electrons. The van der Waals surface area contributed by atoms with Gasteiger partial charge in [0.15, 0.2) is 0 Å². The first-order chi connectivity index (χ1) is 8.63. The average molecular weight is 291 g/mol. The summed E-state index contributed by atoms with van der Waals surface area (Å²) in [7, 11) is 0. The number of phenolic OH excluding ortho intramolecular Hbond substituents is 3. The Morgan fingerprint density at radius 1 is 1.11 bits per heavy atom. The Balaban J connectivity index is 0.00000180. The van der Waals surface area contributed by atoms with Crippen LogP contribution >= 0.6 is 12.4 Å². The number of hydrogen-bond acceptors (Lipinski definition) is 6. The monoisotopic (exact) mass is 290 g/mol. The summed E-state index contributed by atoms with van der Waals surface area (Å²) in [5.74, 6) is -0.610. The molecule has 0 spiro atoms. The van der Waals surface area contributed by atoms with E-state index in [9.17, 15) is 20.4 Å². The van der Waals surface area contributed by atoms with Gasteiger partial charge in [-0.2, -0.15) is 0 Å². The Hall–Kier alpha value is -1.21. The Bertz CT molecular complexity index is 401. The largest absolute Gasteiger partial charge is 0.508 e. The highest BCUT2D eigenvalue weighted by molar-refractivity contribution is 5.85. The van der Waals surface area contributed by atoms with E-state index in [0.29, 0.717) is 0 Å². The van der Waals surface area contributed by atoms with Gasteiger partial charge in [0.1, 0.15) is 17.2 Å². The van der Waals surface area contributed by atoms with Crippen molar-refractivity contribution >= 4 is 12.4 Å². The number of aliphatic hydroxyl groups excluding tert-OH is 1. The van der Waals surface area contributed by atoms with Crippen LogP contribution in [0.15, 0.2) is 12.1 Å². The van der Waals surface area contributed by atoms with E-state index >= 15 is 0 Å². The molecule has 1 saturated heterocycles. The molecule has 1 atom stereocenters. The van der Waals surface area contributed by atoms with E-state index in [2.05, 4.69) is 5.32 Å². The Labute approximate surface area is 117 Å². The lowest BCUT2D eigenvalue weighted by molar-refractivity contribution is 0.107. The second-order valence-electron chi connectivity index (χ2n) is 4.38. The molecule has 0 bridgehead atoms. The third kappa shape index (κ3) is 3.42. The number of piperazine rings is 1. The molecule has 2 rings (SSSR count). The summed E-state index contributed by atoms with van der Waals surface area (Å²) in [5, 5.41) is 41.6. The summed E-state index contributed by atoms with van der Waals surface area (Å²) in [6.07, 6.45) is 0. The first-order valence-corrected chi connectivity index (χ1v) is 5.94. The van der Waals surface area contributed by atoms with Gasteiger partial charge >= 0.3 is 0 Å². The lowest BCUT2D eigenvalue weighted by Crippen LogP contribution is -2.46. The van der Waals surface area contributed by atoms with E-state index in [1.54, 1.807) is 0 Å². The maximum Gasteiger partial charge on any atom is 0.127 e. The molecule has 0 radical (unpaired) electrons. The first-order valence-electron chi connectivity index (χ1n) is 5.94. The topological polar surface area (TPSA) is 96.2 Å². The predicted molar refractivity (Wildman–Crippen MR) is 73.0 cm³/mol. The number of nitrogens with zero attached hydrogens (tertiary/aromatic N) is 1. The molecule has 1 aromatic rings. The molecule has 0 aliphatic carbocycles. The van der Waals surface area contributed by atoms with Crippen LogP contribution in [-0.4, -0.2) is 58.1 Å². The van der Waals surface area contributed by atoms with Crippen molar-refractivity contribution in [2.75, 3.05) is 32.8 Å². The fraction of sp³-hybridized carbons (Fsp3) is 0.500. The summed E-state index contributed by atoms with van der Waals surface area (Å²) < 4.78 is 0. The van der Waals surface area contributed by atoms with Gasteiger partial charge in [-0.25, -0.2) is 0 Å². The van der Waals surface area contributed by atoms with Gasteiger partial charge in [-0.1, -0.05) is 0 Å². The average Bonchev–Trinajstić information content (AvgIpc) is 2.34. The van der Waals surface area contributed by atoms with E-state index in [-0.39, 0.29) is 41.8 Å². The number of aliphatic hydroxyl groups is 1. The maximum atomic E-state index is 9.83. The van der Waals surface area contributed by atoms with Crippen molar-refractivity contribution in [1.29, 1.82) is 0 Å². The number of nitrogens with one attached hydrogen (secondary N) is 1. The summed E-state index contributed by atoms with van der Waals surface area (Å²) in [6, 6.07) is 1.87. The summed E-state index contributed by atoms with van der Waals surface area (Å²) in [6.45, 7) is 2.86. The predicted octanol–water partition coefficient (Wildman–Crippen LogP) is 0.164. The van der Waals surface area contributed by atoms with Crippen molar-refractivity contribution in [3.8, 4) is 17.2 Å². The molecular weight excluding hydrogens is 272 g/mol.